The van der Waals surface area contributed by atoms with Crippen LogP contribution in [0.15, 0.2) is 36.9 Å². The highest BCUT2D eigenvalue weighted by Crippen LogP contribution is 2.17. The molecule has 6 heteroatoms. The molecule has 0 radical (unpaired) electrons. The molecule has 0 aliphatic carbocycles. The third-order valence-corrected chi connectivity index (χ3v) is 2.47. The normalized spacial score (nSPS) is 11.1. The summed E-state index contributed by atoms with van der Waals surface area (Å²) in [4.78, 5) is 11.7. The Bertz CT molecular complexity index is 427. The molecule has 5 nitrogen and oxygen atoms in total. The Morgan fingerprint density at radius 3 is 2.85 bits per heavy atom. The van der Waals surface area contributed by atoms with Crippen LogP contribution in [0.1, 0.15) is 5.56 Å². The summed E-state index contributed by atoms with van der Waals surface area (Å²) in [5.41, 5.74) is 6.52. The van der Waals surface area contributed by atoms with Crippen molar-refractivity contribution in [3.8, 4) is 5.75 Å². The summed E-state index contributed by atoms with van der Waals surface area (Å²) < 4.78 is 10.3. The Morgan fingerprint density at radius 1 is 1.50 bits per heavy atom. The molecule has 0 aliphatic heterocycles. The number of benzene rings is 1. The lowest BCUT2D eigenvalue weighted by atomic mass is 10.2. The number of para-hydroxylation sites is 1. The van der Waals surface area contributed by atoms with Gasteiger partial charge in [0, 0.05) is 19.2 Å². The molecular weight excluding hydrogens is 280 g/mol. The number of ether oxygens (including phenoxy) is 2. The van der Waals surface area contributed by atoms with Gasteiger partial charge in [-0.25, -0.2) is 0 Å². The fourth-order valence-corrected chi connectivity index (χ4v) is 1.51. The van der Waals surface area contributed by atoms with Gasteiger partial charge in [-0.05, 0) is 6.07 Å². The second-order valence-electron chi connectivity index (χ2n) is 3.99. The molecular formula is C14H21ClN2O3. The molecule has 112 valence electrons. The Labute approximate surface area is 125 Å². The van der Waals surface area contributed by atoms with Crippen molar-refractivity contribution in [2.75, 3.05) is 20.3 Å². The van der Waals surface area contributed by atoms with Gasteiger partial charge >= 0.3 is 0 Å². The highest BCUT2D eigenvalue weighted by atomic mass is 35.5. The molecule has 1 unspecified atom stereocenters. The number of methoxy groups -OCH3 is 1. The van der Waals surface area contributed by atoms with E-state index in [1.165, 1.54) is 7.11 Å². The predicted octanol–water partition coefficient (Wildman–Crippen LogP) is 1.26. The van der Waals surface area contributed by atoms with E-state index < -0.39 is 6.04 Å². The molecule has 0 saturated carbocycles. The molecule has 0 saturated heterocycles. The molecule has 1 aromatic rings. The molecule has 3 N–H and O–H groups in total. The first kappa shape index (κ1) is 18.4. The molecule has 1 atom stereocenters. The van der Waals surface area contributed by atoms with Crippen LogP contribution < -0.4 is 15.8 Å². The van der Waals surface area contributed by atoms with Crippen molar-refractivity contribution in [3.63, 3.8) is 0 Å². The molecule has 1 aromatic carbocycles. The van der Waals surface area contributed by atoms with Crippen LogP contribution in [0.2, 0.25) is 0 Å². The monoisotopic (exact) mass is 300 g/mol. The Kier molecular flexibility index (Phi) is 9.45. The van der Waals surface area contributed by atoms with Gasteiger partial charge in [-0.2, -0.15) is 0 Å². The fraction of sp³-hybridized carbons (Fsp3) is 0.357. The van der Waals surface area contributed by atoms with Gasteiger partial charge in [0.05, 0.1) is 6.61 Å². The Hall–Kier alpha value is -1.56. The van der Waals surface area contributed by atoms with E-state index >= 15 is 0 Å². The van der Waals surface area contributed by atoms with E-state index in [9.17, 15) is 4.79 Å². The van der Waals surface area contributed by atoms with Crippen molar-refractivity contribution in [3.05, 3.63) is 42.5 Å². The number of nitrogens with one attached hydrogen (secondary N) is 1. The average molecular weight is 301 g/mol. The summed E-state index contributed by atoms with van der Waals surface area (Å²) in [6.07, 6.45) is 1.67. The van der Waals surface area contributed by atoms with Gasteiger partial charge in [-0.1, -0.05) is 30.9 Å². The molecule has 0 heterocycles. The van der Waals surface area contributed by atoms with Crippen LogP contribution >= 0.6 is 12.4 Å². The van der Waals surface area contributed by atoms with Gasteiger partial charge in [0.2, 0.25) is 5.91 Å². The van der Waals surface area contributed by atoms with E-state index in [4.69, 9.17) is 15.2 Å². The topological polar surface area (TPSA) is 73.6 Å². The largest absolute Gasteiger partial charge is 0.489 e. The van der Waals surface area contributed by atoms with Gasteiger partial charge < -0.3 is 20.5 Å². The number of hydrogen-bond acceptors (Lipinski definition) is 4. The van der Waals surface area contributed by atoms with Gasteiger partial charge in [0.1, 0.15) is 18.4 Å². The van der Waals surface area contributed by atoms with Crippen molar-refractivity contribution >= 4 is 18.3 Å². The summed E-state index contributed by atoms with van der Waals surface area (Å²) >= 11 is 0. The molecule has 1 amide bonds. The minimum Gasteiger partial charge on any atom is -0.489 e. The predicted molar refractivity (Wildman–Crippen MR) is 81.1 cm³/mol. The number of carbonyl (C=O) groups excluding carboxylic acids is 1. The van der Waals surface area contributed by atoms with Crippen molar-refractivity contribution in [2.45, 2.75) is 12.6 Å². The number of nitrogens with two attached hydrogens (primary N) is 1. The summed E-state index contributed by atoms with van der Waals surface area (Å²) in [5.74, 6) is 0.475. The van der Waals surface area contributed by atoms with E-state index in [2.05, 4.69) is 11.9 Å². The first-order valence-corrected chi connectivity index (χ1v) is 6.03. The maximum Gasteiger partial charge on any atom is 0.239 e. The zero-order valence-electron chi connectivity index (χ0n) is 11.5. The molecule has 0 bridgehead atoms. The van der Waals surface area contributed by atoms with Crippen LogP contribution in [-0.2, 0) is 16.1 Å². The van der Waals surface area contributed by atoms with Crippen LogP contribution in [0.5, 0.6) is 5.75 Å². The lowest BCUT2D eigenvalue weighted by Gasteiger charge is -2.13. The van der Waals surface area contributed by atoms with E-state index in [-0.39, 0.29) is 24.9 Å². The maximum absolute atomic E-state index is 11.7. The van der Waals surface area contributed by atoms with E-state index in [1.807, 2.05) is 24.3 Å². The van der Waals surface area contributed by atoms with Gasteiger partial charge in [-0.3, -0.25) is 4.79 Å². The third kappa shape index (κ3) is 6.06. The van der Waals surface area contributed by atoms with Gasteiger partial charge in [0.25, 0.3) is 0 Å². The standard InChI is InChI=1S/C14H20N2O3.ClH/c1-3-8-19-13-7-5-4-6-11(13)9-16-14(17)12(15)10-18-2;/h3-7,12H,1,8-10,15H2,2H3,(H,16,17);1H. The van der Waals surface area contributed by atoms with Crippen LogP contribution in [0.3, 0.4) is 0 Å². The second kappa shape index (κ2) is 10.3. The first-order chi connectivity index (χ1) is 9.19. The number of rotatable bonds is 8. The Balaban J connectivity index is 0.00000361. The van der Waals surface area contributed by atoms with Crippen molar-refractivity contribution < 1.29 is 14.3 Å². The van der Waals surface area contributed by atoms with E-state index in [1.54, 1.807) is 6.08 Å². The lowest BCUT2D eigenvalue weighted by Crippen LogP contribution is -2.43. The van der Waals surface area contributed by atoms with Crippen molar-refractivity contribution in [2.24, 2.45) is 5.73 Å². The highest BCUT2D eigenvalue weighted by molar-refractivity contribution is 5.85. The minimum atomic E-state index is -0.661. The first-order valence-electron chi connectivity index (χ1n) is 6.03. The van der Waals surface area contributed by atoms with Crippen LogP contribution in [0, 0.1) is 0 Å². The maximum atomic E-state index is 11.7. The Morgan fingerprint density at radius 2 is 2.20 bits per heavy atom. The SMILES string of the molecule is C=CCOc1ccccc1CNC(=O)C(N)COC.Cl. The molecule has 0 spiro atoms. The molecule has 20 heavy (non-hydrogen) atoms. The smallest absolute Gasteiger partial charge is 0.239 e. The highest BCUT2D eigenvalue weighted by Gasteiger charge is 2.13. The number of halogens is 1. The zero-order chi connectivity index (χ0) is 14.1. The van der Waals surface area contributed by atoms with Gasteiger partial charge in [0.15, 0.2) is 0 Å². The number of carbonyl (C=O) groups is 1. The third-order valence-electron chi connectivity index (χ3n) is 2.47. The van der Waals surface area contributed by atoms with Crippen LogP contribution in [-0.4, -0.2) is 32.3 Å². The lowest BCUT2D eigenvalue weighted by molar-refractivity contribution is -0.123. The summed E-state index contributed by atoms with van der Waals surface area (Å²) in [6.45, 7) is 4.58. The average Bonchev–Trinajstić information content (AvgIpc) is 2.43. The van der Waals surface area contributed by atoms with Crippen molar-refractivity contribution in [1.82, 2.24) is 5.32 Å². The summed E-state index contributed by atoms with van der Waals surface area (Å²) in [7, 11) is 1.51. The summed E-state index contributed by atoms with van der Waals surface area (Å²) in [6, 6.07) is 6.84. The minimum absolute atomic E-state index is 0. The molecule has 0 fully saturated rings. The number of hydrogen-bond donors (Lipinski definition) is 2. The summed E-state index contributed by atoms with van der Waals surface area (Å²) in [5, 5.41) is 2.75. The molecule has 0 aliphatic rings. The fourth-order valence-electron chi connectivity index (χ4n) is 1.51. The number of amides is 1. The van der Waals surface area contributed by atoms with Gasteiger partial charge in [-0.15, -0.1) is 12.4 Å². The van der Waals surface area contributed by atoms with E-state index in [0.29, 0.717) is 13.2 Å². The molecule has 1 rings (SSSR count). The second-order valence-corrected chi connectivity index (χ2v) is 3.99. The van der Waals surface area contributed by atoms with E-state index in [0.717, 1.165) is 11.3 Å². The van der Waals surface area contributed by atoms with Crippen molar-refractivity contribution in [1.29, 1.82) is 0 Å². The van der Waals surface area contributed by atoms with Crippen LogP contribution in [0.4, 0.5) is 0 Å². The van der Waals surface area contributed by atoms with Crippen LogP contribution in [0.25, 0.3) is 0 Å². The molecule has 0 aromatic heterocycles. The quantitative estimate of drug-likeness (QED) is 0.709. The zero-order valence-corrected chi connectivity index (χ0v) is 12.3.